The first-order chi connectivity index (χ1) is 15.5. The van der Waals surface area contributed by atoms with E-state index in [9.17, 15) is 4.79 Å². The second-order valence-electron chi connectivity index (χ2n) is 7.68. The van der Waals surface area contributed by atoms with Crippen molar-refractivity contribution >= 4 is 5.91 Å². The Morgan fingerprint density at radius 2 is 1.94 bits per heavy atom. The summed E-state index contributed by atoms with van der Waals surface area (Å²) >= 11 is 0. The number of ether oxygens (including phenoxy) is 3. The molecule has 0 unspecified atom stereocenters. The summed E-state index contributed by atoms with van der Waals surface area (Å²) < 4.78 is 18.7. The average Bonchev–Trinajstić information content (AvgIpc) is 3.04. The van der Waals surface area contributed by atoms with E-state index >= 15 is 0 Å². The van der Waals surface area contributed by atoms with Crippen LogP contribution >= 0.6 is 0 Å². The molecule has 0 radical (unpaired) electrons. The van der Waals surface area contributed by atoms with E-state index in [0.29, 0.717) is 49.1 Å². The van der Waals surface area contributed by atoms with E-state index in [1.54, 1.807) is 28.9 Å². The number of carbonyl (C=O) groups excluding carboxylic acids is 1. The fourth-order valence-corrected chi connectivity index (χ4v) is 3.57. The maximum absolute atomic E-state index is 13.3. The van der Waals surface area contributed by atoms with Crippen LogP contribution in [-0.2, 0) is 13.6 Å². The summed E-state index contributed by atoms with van der Waals surface area (Å²) in [7, 11) is 3.60. The average molecular weight is 434 g/mol. The van der Waals surface area contributed by atoms with Crippen LogP contribution in [0.4, 0.5) is 0 Å². The molecule has 0 spiro atoms. The minimum absolute atomic E-state index is 0.104. The standard InChI is InChI=1S/C25H27N3O4/c1-4-12-30-20-9-6-18(7-10-20)16-27(2)25(29)21-17-28(3)26-24(21)19-8-11-22-23(15-19)32-14-5-13-31-22/h4,6-11,15,17H,1,5,12-14,16H2,2-3H3. The van der Waals surface area contributed by atoms with Crippen LogP contribution in [0.3, 0.4) is 0 Å². The lowest BCUT2D eigenvalue weighted by Crippen LogP contribution is -2.26. The van der Waals surface area contributed by atoms with Crippen molar-refractivity contribution in [1.29, 1.82) is 0 Å². The summed E-state index contributed by atoms with van der Waals surface area (Å²) in [5.74, 6) is 2.06. The number of carbonyl (C=O) groups is 1. The number of aromatic nitrogens is 2. The van der Waals surface area contributed by atoms with Crippen LogP contribution in [0, 0.1) is 0 Å². The van der Waals surface area contributed by atoms with Crippen molar-refractivity contribution in [3.63, 3.8) is 0 Å². The molecule has 0 N–H and O–H groups in total. The topological polar surface area (TPSA) is 65.8 Å². The lowest BCUT2D eigenvalue weighted by atomic mass is 10.1. The van der Waals surface area contributed by atoms with Gasteiger partial charge in [-0.15, -0.1) is 0 Å². The summed E-state index contributed by atoms with van der Waals surface area (Å²) in [6, 6.07) is 13.4. The highest BCUT2D eigenvalue weighted by molar-refractivity contribution is 5.99. The summed E-state index contributed by atoms with van der Waals surface area (Å²) in [5.41, 5.74) is 2.98. The Balaban J connectivity index is 1.53. The van der Waals surface area contributed by atoms with Crippen molar-refractivity contribution in [1.82, 2.24) is 14.7 Å². The van der Waals surface area contributed by atoms with E-state index < -0.39 is 0 Å². The van der Waals surface area contributed by atoms with Crippen LogP contribution in [0.15, 0.2) is 61.3 Å². The first kappa shape index (κ1) is 21.5. The van der Waals surface area contributed by atoms with Gasteiger partial charge in [0.15, 0.2) is 11.5 Å². The third-order valence-corrected chi connectivity index (χ3v) is 5.14. The molecule has 166 valence electrons. The van der Waals surface area contributed by atoms with Gasteiger partial charge in [-0.05, 0) is 35.9 Å². The molecule has 2 heterocycles. The lowest BCUT2D eigenvalue weighted by Gasteiger charge is -2.18. The molecule has 3 aromatic rings. The van der Waals surface area contributed by atoms with Crippen LogP contribution in [0.5, 0.6) is 17.2 Å². The molecule has 0 atom stereocenters. The predicted octanol–water partition coefficient (Wildman–Crippen LogP) is 4.09. The molecule has 4 rings (SSSR count). The fraction of sp³-hybridized carbons (Fsp3) is 0.280. The molecule has 1 aromatic heterocycles. The second-order valence-corrected chi connectivity index (χ2v) is 7.68. The van der Waals surface area contributed by atoms with E-state index in [4.69, 9.17) is 14.2 Å². The molecule has 0 bridgehead atoms. The van der Waals surface area contributed by atoms with Gasteiger partial charge in [0.2, 0.25) is 0 Å². The van der Waals surface area contributed by atoms with E-state index in [-0.39, 0.29) is 5.91 Å². The highest BCUT2D eigenvalue weighted by atomic mass is 16.5. The van der Waals surface area contributed by atoms with Gasteiger partial charge in [-0.2, -0.15) is 5.10 Å². The van der Waals surface area contributed by atoms with E-state index in [1.807, 2.05) is 49.5 Å². The molecule has 7 nitrogen and oxygen atoms in total. The Morgan fingerprint density at radius 3 is 2.69 bits per heavy atom. The molecule has 2 aromatic carbocycles. The van der Waals surface area contributed by atoms with Crippen molar-refractivity contribution in [2.45, 2.75) is 13.0 Å². The summed E-state index contributed by atoms with van der Waals surface area (Å²) in [4.78, 5) is 15.0. The van der Waals surface area contributed by atoms with Gasteiger partial charge in [0, 0.05) is 38.8 Å². The molecular weight excluding hydrogens is 406 g/mol. The summed E-state index contributed by atoms with van der Waals surface area (Å²) in [5, 5.41) is 4.55. The first-order valence-corrected chi connectivity index (χ1v) is 10.6. The zero-order chi connectivity index (χ0) is 22.5. The number of amides is 1. The second kappa shape index (κ2) is 9.60. The molecular formula is C25H27N3O4. The number of aryl methyl sites for hydroxylation is 1. The van der Waals surface area contributed by atoms with Crippen molar-refractivity contribution < 1.29 is 19.0 Å². The van der Waals surface area contributed by atoms with Crippen LogP contribution in [0.2, 0.25) is 0 Å². The normalized spacial score (nSPS) is 12.7. The van der Waals surface area contributed by atoms with Crippen LogP contribution in [0.25, 0.3) is 11.3 Å². The van der Waals surface area contributed by atoms with Gasteiger partial charge in [-0.3, -0.25) is 9.48 Å². The maximum atomic E-state index is 13.3. The minimum Gasteiger partial charge on any atom is -0.490 e. The largest absolute Gasteiger partial charge is 0.490 e. The molecule has 0 aliphatic carbocycles. The van der Waals surface area contributed by atoms with Gasteiger partial charge in [-0.1, -0.05) is 24.8 Å². The van der Waals surface area contributed by atoms with Gasteiger partial charge in [0.05, 0.1) is 18.8 Å². The molecule has 1 aliphatic rings. The Bertz CT molecular complexity index is 1100. The van der Waals surface area contributed by atoms with Crippen LogP contribution in [-0.4, -0.2) is 47.5 Å². The number of rotatable bonds is 7. The van der Waals surface area contributed by atoms with Crippen molar-refractivity contribution in [2.24, 2.45) is 7.05 Å². The predicted molar refractivity (Wildman–Crippen MR) is 122 cm³/mol. The minimum atomic E-state index is -0.104. The molecule has 1 aliphatic heterocycles. The Hall–Kier alpha value is -3.74. The monoisotopic (exact) mass is 433 g/mol. The Labute approximate surface area is 187 Å². The number of fused-ring (bicyclic) bond motifs is 1. The number of hydrogen-bond donors (Lipinski definition) is 0. The quantitative estimate of drug-likeness (QED) is 0.525. The van der Waals surface area contributed by atoms with Gasteiger partial charge in [0.25, 0.3) is 5.91 Å². The Kier molecular flexibility index (Phi) is 6.44. The first-order valence-electron chi connectivity index (χ1n) is 10.6. The lowest BCUT2D eigenvalue weighted by molar-refractivity contribution is 0.0785. The van der Waals surface area contributed by atoms with Crippen molar-refractivity contribution in [2.75, 3.05) is 26.9 Å². The maximum Gasteiger partial charge on any atom is 0.257 e. The van der Waals surface area contributed by atoms with Gasteiger partial charge in [-0.25, -0.2) is 0 Å². The molecule has 1 amide bonds. The highest BCUT2D eigenvalue weighted by Gasteiger charge is 2.22. The van der Waals surface area contributed by atoms with Crippen LogP contribution in [0.1, 0.15) is 22.3 Å². The van der Waals surface area contributed by atoms with E-state index in [1.165, 1.54) is 0 Å². The molecule has 0 saturated heterocycles. The molecule has 0 fully saturated rings. The number of hydrogen-bond acceptors (Lipinski definition) is 5. The third-order valence-electron chi connectivity index (χ3n) is 5.14. The van der Waals surface area contributed by atoms with Gasteiger partial charge >= 0.3 is 0 Å². The zero-order valence-electron chi connectivity index (χ0n) is 18.4. The summed E-state index contributed by atoms with van der Waals surface area (Å²) in [6.45, 7) is 5.81. The molecule has 0 saturated carbocycles. The number of benzene rings is 2. The SMILES string of the molecule is C=CCOc1ccc(CN(C)C(=O)c2cn(C)nc2-c2ccc3c(c2)OCCCO3)cc1. The molecule has 32 heavy (non-hydrogen) atoms. The highest BCUT2D eigenvalue weighted by Crippen LogP contribution is 2.35. The van der Waals surface area contributed by atoms with Crippen molar-refractivity contribution in [3.05, 3.63) is 72.4 Å². The fourth-order valence-electron chi connectivity index (χ4n) is 3.57. The number of nitrogens with zero attached hydrogens (tertiary/aromatic N) is 3. The Morgan fingerprint density at radius 1 is 1.19 bits per heavy atom. The van der Waals surface area contributed by atoms with Gasteiger partial charge < -0.3 is 19.1 Å². The zero-order valence-corrected chi connectivity index (χ0v) is 18.4. The van der Waals surface area contributed by atoms with Crippen molar-refractivity contribution in [3.8, 4) is 28.5 Å². The summed E-state index contributed by atoms with van der Waals surface area (Å²) in [6.07, 6.45) is 4.29. The van der Waals surface area contributed by atoms with Crippen LogP contribution < -0.4 is 14.2 Å². The van der Waals surface area contributed by atoms with Gasteiger partial charge in [0.1, 0.15) is 18.1 Å². The smallest absolute Gasteiger partial charge is 0.257 e. The van der Waals surface area contributed by atoms with E-state index in [0.717, 1.165) is 23.3 Å². The molecule has 7 heteroatoms. The van der Waals surface area contributed by atoms with E-state index in [2.05, 4.69) is 11.7 Å². The third kappa shape index (κ3) is 4.77.